The summed E-state index contributed by atoms with van der Waals surface area (Å²) in [6, 6.07) is 7.32. The van der Waals surface area contributed by atoms with Crippen molar-refractivity contribution in [1.82, 2.24) is 5.32 Å². The van der Waals surface area contributed by atoms with Gasteiger partial charge in [0.2, 0.25) is 0 Å². The van der Waals surface area contributed by atoms with Gasteiger partial charge in [-0.1, -0.05) is 81.2 Å². The Bertz CT molecular complexity index is 363. The van der Waals surface area contributed by atoms with Gasteiger partial charge in [-0.3, -0.25) is 0 Å². The number of aryl methyl sites for hydroxylation is 2. The van der Waals surface area contributed by atoms with Crippen LogP contribution in [0, 0.1) is 13.8 Å². The van der Waals surface area contributed by atoms with E-state index in [1.54, 1.807) is 0 Å². The van der Waals surface area contributed by atoms with Gasteiger partial charge in [-0.15, -0.1) is 0 Å². The Morgan fingerprint density at radius 3 is 1.90 bits per heavy atom. The van der Waals surface area contributed by atoms with Crippen molar-refractivity contribution in [2.24, 2.45) is 0 Å². The van der Waals surface area contributed by atoms with Gasteiger partial charge in [0, 0.05) is 6.04 Å². The van der Waals surface area contributed by atoms with Gasteiger partial charge in [0.05, 0.1) is 0 Å². The molecule has 1 aromatic rings. The predicted molar refractivity (Wildman–Crippen MR) is 94.9 cm³/mol. The van der Waals surface area contributed by atoms with Crippen LogP contribution in [0.1, 0.15) is 87.9 Å². The quantitative estimate of drug-likeness (QED) is 0.486. The molecule has 0 aliphatic heterocycles. The van der Waals surface area contributed by atoms with E-state index in [2.05, 4.69) is 51.2 Å². The summed E-state index contributed by atoms with van der Waals surface area (Å²) in [6.07, 6.45) is 11.1. The van der Waals surface area contributed by atoms with E-state index in [1.165, 1.54) is 68.1 Å². The van der Waals surface area contributed by atoms with Crippen molar-refractivity contribution < 1.29 is 0 Å². The fourth-order valence-corrected chi connectivity index (χ4v) is 2.96. The largest absolute Gasteiger partial charge is 0.310 e. The van der Waals surface area contributed by atoms with Crippen LogP contribution in [0.5, 0.6) is 0 Å². The normalized spacial score (nSPS) is 12.6. The number of hydrogen-bond donors (Lipinski definition) is 1. The SMILES string of the molecule is CCCCCCCCCCNC(C)c1cc(C)cc(C)c1. The average Bonchev–Trinajstić information content (AvgIpc) is 2.44. The van der Waals surface area contributed by atoms with Crippen molar-refractivity contribution >= 4 is 0 Å². The second-order valence-electron chi connectivity index (χ2n) is 6.57. The van der Waals surface area contributed by atoms with E-state index in [-0.39, 0.29) is 0 Å². The molecule has 0 bridgehead atoms. The van der Waals surface area contributed by atoms with E-state index >= 15 is 0 Å². The summed E-state index contributed by atoms with van der Waals surface area (Å²) in [7, 11) is 0. The molecule has 0 fully saturated rings. The van der Waals surface area contributed by atoms with Gasteiger partial charge in [-0.2, -0.15) is 0 Å². The number of benzene rings is 1. The van der Waals surface area contributed by atoms with Gasteiger partial charge in [-0.05, 0) is 39.3 Å². The molecule has 0 aliphatic rings. The maximum atomic E-state index is 3.66. The lowest BCUT2D eigenvalue weighted by molar-refractivity contribution is 0.521. The minimum absolute atomic E-state index is 0.466. The molecular formula is C20H35N. The van der Waals surface area contributed by atoms with E-state index in [9.17, 15) is 0 Å². The smallest absolute Gasteiger partial charge is 0.0291 e. The van der Waals surface area contributed by atoms with Crippen molar-refractivity contribution in [3.63, 3.8) is 0 Å². The monoisotopic (exact) mass is 289 g/mol. The van der Waals surface area contributed by atoms with E-state index in [0.717, 1.165) is 6.54 Å². The number of unbranched alkanes of at least 4 members (excludes halogenated alkanes) is 7. The van der Waals surface area contributed by atoms with E-state index < -0.39 is 0 Å². The Labute approximate surface area is 132 Å². The van der Waals surface area contributed by atoms with Gasteiger partial charge in [0.1, 0.15) is 0 Å². The molecule has 120 valence electrons. The lowest BCUT2D eigenvalue weighted by atomic mass is 10.0. The summed E-state index contributed by atoms with van der Waals surface area (Å²) in [4.78, 5) is 0. The highest BCUT2D eigenvalue weighted by atomic mass is 14.9. The molecule has 1 N–H and O–H groups in total. The lowest BCUT2D eigenvalue weighted by Gasteiger charge is -2.15. The molecular weight excluding hydrogens is 254 g/mol. The van der Waals surface area contributed by atoms with Crippen LogP contribution in [0.4, 0.5) is 0 Å². The molecule has 1 heteroatoms. The van der Waals surface area contributed by atoms with Gasteiger partial charge in [0.15, 0.2) is 0 Å². The molecule has 1 unspecified atom stereocenters. The van der Waals surface area contributed by atoms with Gasteiger partial charge in [-0.25, -0.2) is 0 Å². The number of rotatable bonds is 11. The number of hydrogen-bond acceptors (Lipinski definition) is 1. The zero-order valence-corrected chi connectivity index (χ0v) is 14.7. The molecule has 0 aromatic heterocycles. The second kappa shape index (κ2) is 10.8. The van der Waals surface area contributed by atoms with Gasteiger partial charge in [0.25, 0.3) is 0 Å². The third-order valence-electron chi connectivity index (χ3n) is 4.22. The first-order valence-electron chi connectivity index (χ1n) is 8.95. The molecule has 0 saturated heterocycles. The summed E-state index contributed by atoms with van der Waals surface area (Å²) in [5.41, 5.74) is 4.16. The predicted octanol–water partition coefficient (Wildman–Crippen LogP) is 6.09. The molecule has 0 spiro atoms. The van der Waals surface area contributed by atoms with Crippen LogP contribution in [0.15, 0.2) is 18.2 Å². The molecule has 1 aromatic carbocycles. The topological polar surface area (TPSA) is 12.0 Å². The van der Waals surface area contributed by atoms with Crippen LogP contribution in [0.3, 0.4) is 0 Å². The van der Waals surface area contributed by atoms with Crippen LogP contribution in [0.25, 0.3) is 0 Å². The van der Waals surface area contributed by atoms with E-state index in [4.69, 9.17) is 0 Å². The highest BCUT2D eigenvalue weighted by Gasteiger charge is 2.05. The fraction of sp³-hybridized carbons (Fsp3) is 0.700. The Morgan fingerprint density at radius 2 is 1.33 bits per heavy atom. The standard InChI is InChI=1S/C20H35N/c1-5-6-7-8-9-10-11-12-13-21-19(4)20-15-17(2)14-18(3)16-20/h14-16,19,21H,5-13H2,1-4H3. The Kier molecular flexibility index (Phi) is 9.41. The Hall–Kier alpha value is -0.820. The second-order valence-corrected chi connectivity index (χ2v) is 6.57. The van der Waals surface area contributed by atoms with Crippen LogP contribution in [-0.4, -0.2) is 6.54 Å². The average molecular weight is 290 g/mol. The molecule has 21 heavy (non-hydrogen) atoms. The molecule has 1 rings (SSSR count). The molecule has 0 amide bonds. The first kappa shape index (κ1) is 18.2. The van der Waals surface area contributed by atoms with Crippen LogP contribution >= 0.6 is 0 Å². The van der Waals surface area contributed by atoms with Crippen molar-refractivity contribution in [2.45, 2.75) is 85.1 Å². The van der Waals surface area contributed by atoms with Gasteiger partial charge >= 0.3 is 0 Å². The third kappa shape index (κ3) is 8.26. The highest BCUT2D eigenvalue weighted by Crippen LogP contribution is 2.16. The Morgan fingerprint density at radius 1 is 0.810 bits per heavy atom. The van der Waals surface area contributed by atoms with Crippen LogP contribution in [-0.2, 0) is 0 Å². The number of nitrogens with one attached hydrogen (secondary N) is 1. The van der Waals surface area contributed by atoms with Gasteiger partial charge < -0.3 is 5.32 Å². The highest BCUT2D eigenvalue weighted by molar-refractivity contribution is 5.30. The molecule has 0 heterocycles. The summed E-state index contributed by atoms with van der Waals surface area (Å²) >= 11 is 0. The molecule has 1 nitrogen and oxygen atoms in total. The minimum Gasteiger partial charge on any atom is -0.310 e. The summed E-state index contributed by atoms with van der Waals surface area (Å²) < 4.78 is 0. The first-order chi connectivity index (χ1) is 10.1. The van der Waals surface area contributed by atoms with E-state index in [0.29, 0.717) is 6.04 Å². The van der Waals surface area contributed by atoms with Crippen LogP contribution < -0.4 is 5.32 Å². The Balaban J connectivity index is 2.09. The molecule has 1 atom stereocenters. The maximum Gasteiger partial charge on any atom is 0.0291 e. The summed E-state index contributed by atoms with van der Waals surface area (Å²) in [5, 5.41) is 3.66. The zero-order chi connectivity index (χ0) is 15.5. The lowest BCUT2D eigenvalue weighted by Crippen LogP contribution is -2.20. The first-order valence-corrected chi connectivity index (χ1v) is 8.95. The molecule has 0 aliphatic carbocycles. The van der Waals surface area contributed by atoms with Crippen molar-refractivity contribution in [2.75, 3.05) is 6.54 Å². The van der Waals surface area contributed by atoms with Crippen LogP contribution in [0.2, 0.25) is 0 Å². The van der Waals surface area contributed by atoms with Crippen molar-refractivity contribution in [1.29, 1.82) is 0 Å². The summed E-state index contributed by atoms with van der Waals surface area (Å²) in [5.74, 6) is 0. The summed E-state index contributed by atoms with van der Waals surface area (Å²) in [6.45, 7) is 10.1. The maximum absolute atomic E-state index is 3.66. The fourth-order valence-electron chi connectivity index (χ4n) is 2.96. The molecule has 0 radical (unpaired) electrons. The third-order valence-corrected chi connectivity index (χ3v) is 4.22. The minimum atomic E-state index is 0.466. The molecule has 0 saturated carbocycles. The van der Waals surface area contributed by atoms with E-state index in [1.807, 2.05) is 0 Å². The van der Waals surface area contributed by atoms with Crippen molar-refractivity contribution in [3.8, 4) is 0 Å². The van der Waals surface area contributed by atoms with Crippen molar-refractivity contribution in [3.05, 3.63) is 34.9 Å². The zero-order valence-electron chi connectivity index (χ0n) is 14.7.